The van der Waals surface area contributed by atoms with Crippen LogP contribution in [0.2, 0.25) is 0 Å². The van der Waals surface area contributed by atoms with Crippen LogP contribution in [-0.4, -0.2) is 152 Å². The molecule has 8 N–H and O–H groups in total. The average molecular weight is 2180 g/mol. The molecule has 0 spiro atoms. The van der Waals surface area contributed by atoms with Crippen LogP contribution in [0.4, 0.5) is 28.4 Å². The third-order valence-corrected chi connectivity index (χ3v) is 25.9. The Hall–Kier alpha value is -15.0. The van der Waals surface area contributed by atoms with Gasteiger partial charge in [0.15, 0.2) is 5.65 Å². The van der Waals surface area contributed by atoms with Crippen LogP contribution in [0.3, 0.4) is 0 Å². The number of fused-ring (bicyclic) bond motifs is 5. The van der Waals surface area contributed by atoms with E-state index in [0.717, 1.165) is 177 Å². The minimum absolute atomic E-state index is 0. The Labute approximate surface area is 837 Å². The van der Waals surface area contributed by atoms with Crippen molar-refractivity contribution < 1.29 is 23.2 Å². The Bertz CT molecular complexity index is 8060. The van der Waals surface area contributed by atoms with Gasteiger partial charge in [-0.1, -0.05) is 78.4 Å². The van der Waals surface area contributed by atoms with Crippen LogP contribution in [0.1, 0.15) is 40.2 Å². The molecule has 0 aliphatic rings. The summed E-state index contributed by atoms with van der Waals surface area (Å²) < 4.78 is 42.8. The Morgan fingerprint density at radius 3 is 1.04 bits per heavy atom. The number of halogens is 3. The van der Waals surface area contributed by atoms with E-state index >= 15 is 0 Å². The van der Waals surface area contributed by atoms with E-state index in [0.29, 0.717) is 47.5 Å². The molecule has 0 saturated heterocycles. The number of nitro groups is 3. The van der Waals surface area contributed by atoms with Crippen LogP contribution in [0.5, 0.6) is 0 Å². The van der Waals surface area contributed by atoms with Crippen molar-refractivity contribution in [3.63, 3.8) is 0 Å². The molecule has 21 aromatic rings. The van der Waals surface area contributed by atoms with Crippen molar-refractivity contribution in [1.29, 1.82) is 0 Å². The summed E-state index contributed by atoms with van der Waals surface area (Å²) in [7, 11) is 0.480. The zero-order chi connectivity index (χ0) is 96.5. The van der Waals surface area contributed by atoms with E-state index in [1.165, 1.54) is 34.4 Å². The van der Waals surface area contributed by atoms with Crippen LogP contribution in [0.15, 0.2) is 304 Å². The van der Waals surface area contributed by atoms with Crippen molar-refractivity contribution in [1.82, 2.24) is 97.7 Å². The zero-order valence-electron chi connectivity index (χ0n) is 74.7. The van der Waals surface area contributed by atoms with E-state index in [1.54, 1.807) is 96.1 Å². The van der Waals surface area contributed by atoms with E-state index in [-0.39, 0.29) is 51.5 Å². The van der Waals surface area contributed by atoms with Gasteiger partial charge in [-0.15, -0.1) is 0 Å². The van der Waals surface area contributed by atoms with Crippen LogP contribution in [0, 0.1) is 37.3 Å². The SMILES string of the molecule is CCn1cc(-c2ccnc3[nH]cc(Br)c23)c(-c2cccc(N)c2)n1.CCn1cc(-c2ccnc3[nH]cc(Br)c23)c(-c2cccc(N)c2)n1.CCn1cc(-c2ccnc3[nH]cc(Br)c23)c(-c2cccc([N+](=O)[O-])c2)n1.CCn1cc(-c2ccnc3[nH]ccc23)c(-c2cccc([N+](=O)[O-])c2)n1.CCn1cc(-c2ccnc3c2ccn3S(=O)(=O)c2ccc(C)cc2)c(-c2cccc([N+](=O)[O-])c2)n1.[B]=NS.[SnH2]. The fourth-order valence-corrected chi connectivity index (χ4v) is 18.7. The summed E-state index contributed by atoms with van der Waals surface area (Å²) in [6.45, 7) is 15.6. The predicted molar refractivity (Wildman–Crippen MR) is 557 cm³/mol. The molecule has 138 heavy (non-hydrogen) atoms. The number of non-ortho nitro benzene ring substituents is 3. The number of hydrogen-bond acceptors (Lipinski definition) is 22. The molecule has 691 valence electrons. The first-order valence-corrected chi connectivity index (χ1v) is 47.0. The van der Waals surface area contributed by atoms with Crippen molar-refractivity contribution in [3.05, 3.63) is 330 Å². The summed E-state index contributed by atoms with van der Waals surface area (Å²) in [5, 5.41) is 61.7. The maximum absolute atomic E-state index is 13.4. The number of benzene rings is 6. The number of H-pyrrole nitrogens is 4. The molecule has 15 heterocycles. The number of pyridine rings is 5. The van der Waals surface area contributed by atoms with Gasteiger partial charge in [0, 0.05) is 269 Å². The quantitative estimate of drug-likeness (QED) is 0.0122. The monoisotopic (exact) mass is 2170 g/mol. The second-order valence-corrected chi connectivity index (χ2v) is 35.4. The Morgan fingerprint density at radius 2 is 0.703 bits per heavy atom. The third-order valence-electron chi connectivity index (χ3n) is 22.4. The number of aryl methyl sites for hydroxylation is 6. The number of nitro benzene ring substituents is 3. The predicted octanol–water partition coefficient (Wildman–Crippen LogP) is 22.0. The third kappa shape index (κ3) is 20.6. The second-order valence-electron chi connectivity index (χ2n) is 30.8. The molecule has 15 aromatic heterocycles. The van der Waals surface area contributed by atoms with E-state index in [4.69, 9.17) is 21.7 Å². The molecule has 0 bridgehead atoms. The molecule has 0 atom stereocenters. The first-order valence-electron chi connectivity index (χ1n) is 42.8. The normalized spacial score (nSPS) is 11.1. The first-order chi connectivity index (χ1) is 66.3. The summed E-state index contributed by atoms with van der Waals surface area (Å²) in [6.07, 6.45) is 27.6. The summed E-state index contributed by atoms with van der Waals surface area (Å²) in [6, 6.07) is 55.1. The van der Waals surface area contributed by atoms with Gasteiger partial charge in [0.1, 0.15) is 51.1 Å². The summed E-state index contributed by atoms with van der Waals surface area (Å²) in [5.74, 6) is 0. The number of nitrogens with two attached hydrogens (primary N) is 2. The molecule has 0 aliphatic carbocycles. The summed E-state index contributed by atoms with van der Waals surface area (Å²) in [5.41, 5.74) is 35.4. The van der Waals surface area contributed by atoms with E-state index in [1.807, 2.05) is 193 Å². The second kappa shape index (κ2) is 42.9. The number of nitrogen functional groups attached to an aromatic ring is 2. The number of hydrogen-bond donors (Lipinski definition) is 7. The Morgan fingerprint density at radius 1 is 0.399 bits per heavy atom. The van der Waals surface area contributed by atoms with Gasteiger partial charge in [-0.25, -0.2) is 37.3 Å². The number of aromatic amines is 4. The summed E-state index contributed by atoms with van der Waals surface area (Å²) in [4.78, 5) is 67.0. The van der Waals surface area contributed by atoms with Gasteiger partial charge in [0.25, 0.3) is 27.1 Å². The molecule has 34 nitrogen and oxygen atoms in total. The molecular weight excluding hydrogens is 2090 g/mol. The topological polar surface area (TPSA) is 450 Å². The van der Waals surface area contributed by atoms with Gasteiger partial charge >= 0.3 is 48.7 Å². The molecule has 41 heteroatoms. The molecule has 0 fully saturated rings. The Balaban J connectivity index is 0.000000131. The molecule has 21 rings (SSSR count). The number of aromatic nitrogens is 20. The van der Waals surface area contributed by atoms with Gasteiger partial charge in [-0.2, -0.15) is 25.5 Å². The fourth-order valence-electron chi connectivity index (χ4n) is 15.8. The first kappa shape index (κ1) is 97.6. The van der Waals surface area contributed by atoms with Crippen molar-refractivity contribution in [3.8, 4) is 112 Å². The number of nitrogens with one attached hydrogen (secondary N) is 4. The molecule has 0 unspecified atom stereocenters. The fraction of sp³-hybridized carbons (Fsp3) is 0.113. The van der Waals surface area contributed by atoms with Crippen molar-refractivity contribution >= 4 is 186 Å². The van der Waals surface area contributed by atoms with Crippen molar-refractivity contribution in [2.45, 2.75) is 79.2 Å². The van der Waals surface area contributed by atoms with Gasteiger partial charge in [-0.3, -0.25) is 53.8 Å². The zero-order valence-corrected chi connectivity index (χ0v) is 85.2. The van der Waals surface area contributed by atoms with Crippen LogP contribution in [0.25, 0.3) is 167 Å². The van der Waals surface area contributed by atoms with Crippen molar-refractivity contribution in [2.24, 2.45) is 4.30 Å². The van der Waals surface area contributed by atoms with Gasteiger partial charge in [-0.05, 0) is 196 Å². The molecule has 0 amide bonds. The minimum atomic E-state index is -3.86. The van der Waals surface area contributed by atoms with Crippen LogP contribution >= 0.6 is 60.6 Å². The van der Waals surface area contributed by atoms with Crippen LogP contribution < -0.4 is 11.5 Å². The van der Waals surface area contributed by atoms with Crippen molar-refractivity contribution in [2.75, 3.05) is 11.5 Å². The molecule has 3 radical (unpaired) electrons. The van der Waals surface area contributed by atoms with Gasteiger partial charge < -0.3 is 31.4 Å². The Kier molecular flexibility index (Phi) is 30.4. The number of anilines is 2. The molecule has 0 saturated carbocycles. The van der Waals surface area contributed by atoms with E-state index in [9.17, 15) is 38.8 Å². The van der Waals surface area contributed by atoms with Crippen LogP contribution in [-0.2, 0) is 42.7 Å². The summed E-state index contributed by atoms with van der Waals surface area (Å²) >= 11 is 14.0. The molecule has 0 aliphatic heterocycles. The van der Waals surface area contributed by atoms with Gasteiger partial charge in [0.05, 0.1) is 19.7 Å². The molecular formula is C97H85BBr3N26O8S2Sn. The van der Waals surface area contributed by atoms with Gasteiger partial charge in [0.2, 0.25) is 0 Å². The van der Waals surface area contributed by atoms with E-state index < -0.39 is 24.8 Å². The molecule has 6 aromatic carbocycles. The number of rotatable bonds is 20. The standard InChI is InChI=1S/C25H21N5O4S.C18H14BrN5O2.2C18H16BrN5.C18H15N5O2.BHNS.Sn.2H/c1-3-28-16-23(24(27-28)18-5-4-6-19(15-18)30(31)32)21-11-13-26-25-22(21)12-14-29(25)35(33,34)20-9-7-17(2)8-10-20;1-2-23-10-14(13-6-7-20-18-16(13)15(19)9-21-18)17(22-23)11-4-3-5-12(8-11)24(25)26;2*1-2-24-10-14(17(23-24)11-4-3-5-12(20)8-11)13-6-7-21-18-16(13)15(19)9-22-18;1-2-22-11-16(14-6-8-19-18-15(14)7-9-20-18)17(21-22)12-4-3-5-13(10-12)23(24)25;1-2-3;;;/h4-16H,3H2,1-2H3;3-10H,2H2,1H3,(H,20,21);2*3-10H,2,20H2,1H3,(H,21,22);3-11H,2H2,1H3,(H,19,20);3H;;;. The number of nitrogens with zero attached hydrogens (tertiary/aromatic N) is 20. The average Bonchev–Trinajstić information content (AvgIpc) is 1.62. The number of thiol groups is 1. The van der Waals surface area contributed by atoms with E-state index in [2.05, 4.69) is 159 Å². The maximum atomic E-state index is 13.4.